The number of benzene rings is 1. The quantitative estimate of drug-likeness (QED) is 0.153. The van der Waals surface area contributed by atoms with E-state index in [-0.39, 0.29) is 89.7 Å². The van der Waals surface area contributed by atoms with E-state index in [4.69, 9.17) is 22.1 Å². The van der Waals surface area contributed by atoms with Gasteiger partial charge in [-0.2, -0.15) is 18.3 Å². The van der Waals surface area contributed by atoms with Crippen LogP contribution in [-0.4, -0.2) is 146 Å². The number of amides is 3. The molecule has 3 saturated heterocycles. The van der Waals surface area contributed by atoms with Gasteiger partial charge in [-0.05, 0) is 30.3 Å². The van der Waals surface area contributed by atoms with Gasteiger partial charge in [-0.25, -0.2) is 19.4 Å². The summed E-state index contributed by atoms with van der Waals surface area (Å²) in [7, 11) is 2.92. The molecule has 1 atom stereocenters. The van der Waals surface area contributed by atoms with E-state index in [9.17, 15) is 37.5 Å². The lowest BCUT2D eigenvalue weighted by molar-refractivity contribution is -0.929. The molecule has 17 nitrogen and oxygen atoms in total. The highest BCUT2D eigenvalue weighted by Gasteiger charge is 2.44. The van der Waals surface area contributed by atoms with Crippen molar-refractivity contribution >= 4 is 46.7 Å². The van der Waals surface area contributed by atoms with Gasteiger partial charge in [-0.15, -0.1) is 0 Å². The van der Waals surface area contributed by atoms with Crippen molar-refractivity contribution in [3.63, 3.8) is 0 Å². The third kappa shape index (κ3) is 8.96. The molecule has 3 amide bonds. The molecule has 60 heavy (non-hydrogen) atoms. The van der Waals surface area contributed by atoms with E-state index in [1.165, 1.54) is 55.3 Å². The summed E-state index contributed by atoms with van der Waals surface area (Å²) in [5.74, 6) is -1.92. The number of nitrogens with one attached hydrogen (secondary N) is 2. The zero-order chi connectivity index (χ0) is 42.9. The highest BCUT2D eigenvalue weighted by atomic mass is 35.5. The number of carbonyl (C=O) groups excluding carboxylic acids is 3. The lowest BCUT2D eigenvalue weighted by Crippen LogP contribution is -2.63. The number of hydrogen-bond acceptors (Lipinski definition) is 10. The van der Waals surface area contributed by atoms with Gasteiger partial charge in [0.2, 0.25) is 5.91 Å². The van der Waals surface area contributed by atoms with Crippen LogP contribution in [0.15, 0.2) is 48.9 Å². The number of nitrogens with zero attached hydrogens (tertiary/aromatic N) is 8. The van der Waals surface area contributed by atoms with E-state index in [0.717, 1.165) is 36.7 Å². The minimum Gasteiger partial charge on any atom is -0.477 e. The number of ether oxygens (including phenoxy) is 1. The molecule has 0 radical (unpaired) electrons. The fourth-order valence-electron chi connectivity index (χ4n) is 8.39. The van der Waals surface area contributed by atoms with Gasteiger partial charge in [0.05, 0.1) is 72.2 Å². The lowest BCUT2D eigenvalue weighted by Gasteiger charge is -2.47. The second-order valence-corrected chi connectivity index (χ2v) is 16.1. The number of piperidine rings is 1. The van der Waals surface area contributed by atoms with Crippen LogP contribution in [0.4, 0.5) is 24.5 Å². The highest BCUT2D eigenvalue weighted by Crippen LogP contribution is 2.37. The Morgan fingerprint density at radius 1 is 1.08 bits per heavy atom. The van der Waals surface area contributed by atoms with Gasteiger partial charge in [0.15, 0.2) is 23.9 Å². The van der Waals surface area contributed by atoms with Gasteiger partial charge < -0.3 is 45.1 Å². The first-order valence-corrected chi connectivity index (χ1v) is 19.8. The summed E-state index contributed by atoms with van der Waals surface area (Å²) in [6.07, 6.45) is -0.105. The molecule has 0 bridgehead atoms. The van der Waals surface area contributed by atoms with Crippen LogP contribution in [-0.2, 0) is 27.5 Å². The second-order valence-electron chi connectivity index (χ2n) is 15.7. The summed E-state index contributed by atoms with van der Waals surface area (Å²) in [6.45, 7) is 4.72. The van der Waals surface area contributed by atoms with E-state index in [1.807, 2.05) is 0 Å². The second kappa shape index (κ2) is 17.2. The topological polar surface area (TPSA) is 203 Å². The number of hydrogen-bond donors (Lipinski definition) is 4. The normalized spacial score (nSPS) is 21.1. The molecule has 21 heteroatoms. The maximum Gasteiger partial charge on any atom is 0.435 e. The van der Waals surface area contributed by atoms with Gasteiger partial charge in [-0.1, -0.05) is 11.6 Å². The summed E-state index contributed by atoms with van der Waals surface area (Å²) in [5.41, 5.74) is 4.80. The number of methoxy groups -OCH3 is 1. The molecule has 3 aromatic heterocycles. The van der Waals surface area contributed by atoms with E-state index in [0.29, 0.717) is 42.0 Å². The molecule has 1 unspecified atom stereocenters. The molecule has 320 valence electrons. The Labute approximate surface area is 347 Å². The number of halogens is 4. The number of alkyl halides is 3. The Hall–Kier alpha value is -5.57. The van der Waals surface area contributed by atoms with Crippen LogP contribution < -0.4 is 16.4 Å². The number of carbonyl (C=O) groups is 4. The SMILES string of the molecule is COCC1CN(C(=O)c2ccc(NC(=O)c3ncc(-c4cn(-c5ccc(N)cn5)nc4C(F)(F)F)n3C)cc2Cl)CCN1C(=O)C1CC[N+](CC(=O)O)(CC2CNC2)CC1. The van der Waals surface area contributed by atoms with Crippen LogP contribution in [0.3, 0.4) is 0 Å². The minimum absolute atomic E-state index is 0.0214. The van der Waals surface area contributed by atoms with Crippen LogP contribution in [0.5, 0.6) is 0 Å². The number of carboxylic acids is 1. The first-order chi connectivity index (χ1) is 28.6. The maximum absolute atomic E-state index is 14.1. The number of carboxylic acid groups (broad SMARTS) is 1. The predicted molar refractivity (Wildman–Crippen MR) is 212 cm³/mol. The van der Waals surface area contributed by atoms with Gasteiger partial charge >= 0.3 is 12.1 Å². The minimum atomic E-state index is -4.84. The average Bonchev–Trinajstić information content (AvgIpc) is 3.81. The summed E-state index contributed by atoms with van der Waals surface area (Å²) < 4.78 is 50.5. The van der Waals surface area contributed by atoms with Crippen molar-refractivity contribution in [2.24, 2.45) is 18.9 Å². The maximum atomic E-state index is 14.1. The number of piperazine rings is 1. The van der Waals surface area contributed by atoms with E-state index >= 15 is 0 Å². The number of nitrogen functional groups attached to an aromatic ring is 1. The molecule has 1 aromatic carbocycles. The Kier molecular flexibility index (Phi) is 12.2. The number of aliphatic carboxylic acids is 1. The molecule has 0 spiro atoms. The Bertz CT molecular complexity index is 2250. The van der Waals surface area contributed by atoms with E-state index < -0.39 is 29.8 Å². The zero-order valence-corrected chi connectivity index (χ0v) is 33.7. The van der Waals surface area contributed by atoms with E-state index in [1.54, 1.807) is 9.80 Å². The summed E-state index contributed by atoms with van der Waals surface area (Å²) >= 11 is 6.61. The Balaban J connectivity index is 0.994. The summed E-state index contributed by atoms with van der Waals surface area (Å²) in [4.78, 5) is 64.4. The number of imidazole rings is 1. The van der Waals surface area contributed by atoms with Crippen molar-refractivity contribution in [1.82, 2.24) is 39.4 Å². The molecule has 3 aliphatic rings. The van der Waals surface area contributed by atoms with Crippen molar-refractivity contribution in [2.45, 2.75) is 25.1 Å². The monoisotopic (exact) mass is 856 g/mol. The third-order valence-corrected chi connectivity index (χ3v) is 11.9. The molecule has 6 heterocycles. The molecular weight excluding hydrogens is 811 g/mol. The Morgan fingerprint density at radius 3 is 2.45 bits per heavy atom. The fourth-order valence-corrected chi connectivity index (χ4v) is 8.66. The Morgan fingerprint density at radius 2 is 1.83 bits per heavy atom. The highest BCUT2D eigenvalue weighted by molar-refractivity contribution is 6.34. The average molecular weight is 857 g/mol. The third-order valence-electron chi connectivity index (χ3n) is 11.6. The lowest BCUT2D eigenvalue weighted by atomic mass is 9.90. The van der Waals surface area contributed by atoms with Crippen LogP contribution in [0, 0.1) is 11.8 Å². The number of pyridine rings is 1. The van der Waals surface area contributed by atoms with Crippen LogP contribution in [0.25, 0.3) is 17.1 Å². The first-order valence-electron chi connectivity index (χ1n) is 19.4. The standard InChI is InChI=1S/C39H45ClF3N11O6/c1-50-31(29-19-53(49-34(29)39(41,42)43)32-6-3-25(44)16-46-32)17-47-35(50)36(57)48-26-4-5-28(30(40)13-26)38(59)51-9-10-52(27(18-51)22-60-2)37(58)24-7-11-54(12-8-24,21-33(55)56)20-23-14-45-15-23/h3-6,13,16-17,19,23-24,27,45H,7-12,14-15,18,20-22,44H2,1-2H3,(H-,48,55,56,57,59)/p+1. The van der Waals surface area contributed by atoms with Gasteiger partial charge in [0.1, 0.15) is 0 Å². The number of likely N-dealkylation sites (tertiary alicyclic amines) is 1. The van der Waals surface area contributed by atoms with Crippen LogP contribution in [0.1, 0.15) is 39.5 Å². The van der Waals surface area contributed by atoms with E-state index in [2.05, 4.69) is 25.7 Å². The first kappa shape index (κ1) is 42.6. The summed E-state index contributed by atoms with van der Waals surface area (Å²) in [6, 6.07) is 6.81. The number of aromatic nitrogens is 5. The molecule has 0 saturated carbocycles. The molecule has 5 N–H and O–H groups in total. The van der Waals surface area contributed by atoms with Crippen LogP contribution >= 0.6 is 11.6 Å². The molecule has 0 aliphatic carbocycles. The summed E-state index contributed by atoms with van der Waals surface area (Å²) in [5, 5.41) is 19.3. The zero-order valence-electron chi connectivity index (χ0n) is 33.0. The molecule has 3 aliphatic heterocycles. The van der Waals surface area contributed by atoms with Gasteiger partial charge in [0.25, 0.3) is 11.8 Å². The van der Waals surface area contributed by atoms with Gasteiger partial charge in [-0.3, -0.25) is 14.4 Å². The molecule has 7 rings (SSSR count). The predicted octanol–water partition coefficient (Wildman–Crippen LogP) is 3.00. The van der Waals surface area contributed by atoms with Crippen molar-refractivity contribution in [3.05, 3.63) is 71.0 Å². The number of quaternary nitrogens is 1. The van der Waals surface area contributed by atoms with Crippen molar-refractivity contribution in [2.75, 3.05) is 83.7 Å². The fraction of sp³-hybridized carbons (Fsp3) is 0.462. The van der Waals surface area contributed by atoms with Crippen molar-refractivity contribution < 1.29 is 46.7 Å². The molecular formula is C39H46ClF3N11O6+. The largest absolute Gasteiger partial charge is 0.477 e. The number of nitrogens with two attached hydrogens (primary N) is 1. The van der Waals surface area contributed by atoms with Gasteiger partial charge in [0, 0.05) is 83.4 Å². The number of anilines is 2. The number of rotatable bonds is 12. The van der Waals surface area contributed by atoms with Crippen LogP contribution in [0.2, 0.25) is 5.02 Å². The molecule has 3 fully saturated rings. The smallest absolute Gasteiger partial charge is 0.435 e. The van der Waals surface area contributed by atoms with Crippen molar-refractivity contribution in [1.29, 1.82) is 0 Å². The molecule has 4 aromatic rings. The van der Waals surface area contributed by atoms with Crippen molar-refractivity contribution in [3.8, 4) is 17.1 Å².